The van der Waals surface area contributed by atoms with Gasteiger partial charge in [0, 0.05) is 44.3 Å². The molecule has 1 aliphatic rings. The molecule has 1 saturated heterocycles. The zero-order valence-electron chi connectivity index (χ0n) is 17.0. The van der Waals surface area contributed by atoms with Crippen molar-refractivity contribution in [1.29, 1.82) is 0 Å². The van der Waals surface area contributed by atoms with Crippen LogP contribution in [0.1, 0.15) is 41.6 Å². The Morgan fingerprint density at radius 2 is 1.83 bits per heavy atom. The van der Waals surface area contributed by atoms with Crippen LogP contribution in [0.3, 0.4) is 0 Å². The fourth-order valence-electron chi connectivity index (χ4n) is 3.80. The molecule has 0 unspecified atom stereocenters. The quantitative estimate of drug-likeness (QED) is 0.673. The van der Waals surface area contributed by atoms with Crippen LogP contribution in [0.15, 0.2) is 42.5 Å². The van der Waals surface area contributed by atoms with Crippen LogP contribution in [0.5, 0.6) is 0 Å². The predicted molar refractivity (Wildman–Crippen MR) is 115 cm³/mol. The number of carbonyl (C=O) groups is 1. The van der Waals surface area contributed by atoms with Gasteiger partial charge in [0.2, 0.25) is 0 Å². The van der Waals surface area contributed by atoms with Crippen molar-refractivity contribution in [2.45, 2.75) is 31.3 Å². The highest BCUT2D eigenvalue weighted by Gasteiger charge is 2.33. The van der Waals surface area contributed by atoms with Crippen LogP contribution in [0, 0.1) is 5.82 Å². The van der Waals surface area contributed by atoms with Gasteiger partial charge in [-0.25, -0.2) is 4.39 Å². The lowest BCUT2D eigenvalue weighted by Crippen LogP contribution is -2.42. The SMILES string of the molecule is CN(C)c1ccc(C(=O)CCCN2CCC(O)(c3ccc(Cl)cc3)CC2)c(F)c1. The first kappa shape index (κ1) is 21.8. The average molecular weight is 419 g/mol. The first-order chi connectivity index (χ1) is 13.8. The molecule has 1 N–H and O–H groups in total. The molecule has 0 atom stereocenters. The lowest BCUT2D eigenvalue weighted by Gasteiger charge is -2.38. The van der Waals surface area contributed by atoms with Crippen molar-refractivity contribution in [3.05, 3.63) is 64.4 Å². The Morgan fingerprint density at radius 1 is 1.17 bits per heavy atom. The number of anilines is 1. The van der Waals surface area contributed by atoms with E-state index in [1.54, 1.807) is 29.2 Å². The van der Waals surface area contributed by atoms with Crippen molar-refractivity contribution >= 4 is 23.1 Å². The van der Waals surface area contributed by atoms with Crippen LogP contribution in [0.25, 0.3) is 0 Å². The van der Waals surface area contributed by atoms with Crippen molar-refractivity contribution in [1.82, 2.24) is 4.90 Å². The first-order valence-electron chi connectivity index (χ1n) is 9.99. The van der Waals surface area contributed by atoms with E-state index in [0.29, 0.717) is 30.7 Å². The van der Waals surface area contributed by atoms with Crippen LogP contribution >= 0.6 is 11.6 Å². The van der Waals surface area contributed by atoms with Crippen LogP contribution in [0.2, 0.25) is 5.02 Å². The zero-order chi connectivity index (χ0) is 21.0. The molecule has 1 aliphatic heterocycles. The summed E-state index contributed by atoms with van der Waals surface area (Å²) >= 11 is 5.93. The smallest absolute Gasteiger partial charge is 0.165 e. The van der Waals surface area contributed by atoms with E-state index in [9.17, 15) is 14.3 Å². The topological polar surface area (TPSA) is 43.8 Å². The summed E-state index contributed by atoms with van der Waals surface area (Å²) in [5.74, 6) is -0.630. The van der Waals surface area contributed by atoms with Gasteiger partial charge < -0.3 is 14.9 Å². The molecule has 29 heavy (non-hydrogen) atoms. The van der Waals surface area contributed by atoms with Gasteiger partial charge in [0.1, 0.15) is 5.82 Å². The van der Waals surface area contributed by atoms with Crippen LogP contribution in [0.4, 0.5) is 10.1 Å². The summed E-state index contributed by atoms with van der Waals surface area (Å²) in [6, 6.07) is 12.1. The van der Waals surface area contributed by atoms with Crippen molar-refractivity contribution in [3.8, 4) is 0 Å². The molecule has 0 aliphatic carbocycles. The van der Waals surface area contributed by atoms with Crippen molar-refractivity contribution in [2.75, 3.05) is 38.6 Å². The minimum absolute atomic E-state index is 0.159. The molecule has 0 bridgehead atoms. The van der Waals surface area contributed by atoms with E-state index in [0.717, 1.165) is 30.9 Å². The molecular weight excluding hydrogens is 391 g/mol. The summed E-state index contributed by atoms with van der Waals surface area (Å²) in [4.78, 5) is 16.4. The third-order valence-electron chi connectivity index (χ3n) is 5.71. The Labute approximate surface area is 176 Å². The van der Waals surface area contributed by atoms with E-state index < -0.39 is 11.4 Å². The maximum absolute atomic E-state index is 14.2. The summed E-state index contributed by atoms with van der Waals surface area (Å²) in [6.45, 7) is 2.29. The average Bonchev–Trinajstić information content (AvgIpc) is 2.69. The number of benzene rings is 2. The molecule has 2 aromatic carbocycles. The molecule has 3 rings (SSSR count). The Bertz CT molecular complexity index is 846. The number of piperidine rings is 1. The van der Waals surface area contributed by atoms with Crippen LogP contribution < -0.4 is 4.90 Å². The van der Waals surface area contributed by atoms with E-state index in [1.165, 1.54) is 6.07 Å². The molecule has 0 amide bonds. The molecule has 0 saturated carbocycles. The van der Waals surface area contributed by atoms with Crippen LogP contribution in [-0.4, -0.2) is 49.5 Å². The second-order valence-corrected chi connectivity index (χ2v) is 8.40. The second kappa shape index (κ2) is 9.24. The molecule has 6 heteroatoms. The second-order valence-electron chi connectivity index (χ2n) is 7.97. The lowest BCUT2D eigenvalue weighted by atomic mass is 9.84. The Morgan fingerprint density at radius 3 is 2.41 bits per heavy atom. The number of hydrogen-bond acceptors (Lipinski definition) is 4. The molecule has 2 aromatic rings. The fraction of sp³-hybridized carbons (Fsp3) is 0.435. The summed E-state index contributed by atoms with van der Waals surface area (Å²) in [5.41, 5.74) is 0.967. The number of Topliss-reactive ketones (excluding diaryl/α,β-unsaturated/α-hetero) is 1. The van der Waals surface area contributed by atoms with Gasteiger partial charge in [-0.2, -0.15) is 0 Å². The minimum Gasteiger partial charge on any atom is -0.385 e. The van der Waals surface area contributed by atoms with Gasteiger partial charge in [0.15, 0.2) is 5.78 Å². The van der Waals surface area contributed by atoms with Crippen molar-refractivity contribution in [3.63, 3.8) is 0 Å². The van der Waals surface area contributed by atoms with Crippen LogP contribution in [-0.2, 0) is 5.60 Å². The van der Waals surface area contributed by atoms with Gasteiger partial charge in [0.05, 0.1) is 11.2 Å². The van der Waals surface area contributed by atoms with Gasteiger partial charge in [0.25, 0.3) is 0 Å². The minimum atomic E-state index is -0.825. The number of aliphatic hydroxyl groups is 1. The highest BCUT2D eigenvalue weighted by molar-refractivity contribution is 6.30. The number of nitrogens with zero attached hydrogens (tertiary/aromatic N) is 2. The molecule has 0 spiro atoms. The van der Waals surface area contributed by atoms with Gasteiger partial charge >= 0.3 is 0 Å². The fourth-order valence-corrected chi connectivity index (χ4v) is 3.93. The molecule has 1 heterocycles. The molecule has 4 nitrogen and oxygen atoms in total. The number of ketones is 1. The molecule has 0 radical (unpaired) electrons. The van der Waals surface area contributed by atoms with Gasteiger partial charge in [-0.15, -0.1) is 0 Å². The number of rotatable bonds is 7. The number of halogens is 2. The van der Waals surface area contributed by atoms with Gasteiger partial charge in [-0.1, -0.05) is 23.7 Å². The maximum Gasteiger partial charge on any atom is 0.165 e. The van der Waals surface area contributed by atoms with Gasteiger partial charge in [-0.3, -0.25) is 4.79 Å². The van der Waals surface area contributed by atoms with Crippen molar-refractivity contribution in [2.24, 2.45) is 0 Å². The summed E-state index contributed by atoms with van der Waals surface area (Å²) < 4.78 is 14.2. The summed E-state index contributed by atoms with van der Waals surface area (Å²) in [6.07, 6.45) is 2.27. The zero-order valence-corrected chi connectivity index (χ0v) is 17.8. The van der Waals surface area contributed by atoms with E-state index in [-0.39, 0.29) is 11.3 Å². The van der Waals surface area contributed by atoms with Gasteiger partial charge in [-0.05, 0) is 61.7 Å². The van der Waals surface area contributed by atoms with E-state index in [4.69, 9.17) is 11.6 Å². The molecule has 156 valence electrons. The number of likely N-dealkylation sites (tertiary alicyclic amines) is 1. The largest absolute Gasteiger partial charge is 0.385 e. The highest BCUT2D eigenvalue weighted by Crippen LogP contribution is 2.33. The van der Waals surface area contributed by atoms with E-state index in [2.05, 4.69) is 4.90 Å². The lowest BCUT2D eigenvalue weighted by molar-refractivity contribution is -0.0260. The van der Waals surface area contributed by atoms with E-state index in [1.807, 2.05) is 26.2 Å². The molecular formula is C23H28ClFN2O2. The standard InChI is InChI=1S/C23H28ClFN2O2/c1-26(2)19-9-10-20(21(25)16-19)22(28)4-3-13-27-14-11-23(29,12-15-27)17-5-7-18(24)8-6-17/h5-10,16,29H,3-4,11-15H2,1-2H3. The normalized spacial score (nSPS) is 16.6. The Balaban J connectivity index is 1.47. The Kier molecular flexibility index (Phi) is 6.93. The number of carbonyl (C=O) groups excluding carboxylic acids is 1. The molecule has 1 fully saturated rings. The summed E-state index contributed by atoms with van der Waals surface area (Å²) in [7, 11) is 3.67. The third kappa shape index (κ3) is 5.35. The monoisotopic (exact) mass is 418 g/mol. The third-order valence-corrected chi connectivity index (χ3v) is 5.96. The number of hydrogen-bond donors (Lipinski definition) is 1. The van der Waals surface area contributed by atoms with E-state index >= 15 is 0 Å². The highest BCUT2D eigenvalue weighted by atomic mass is 35.5. The molecule has 0 aromatic heterocycles. The van der Waals surface area contributed by atoms with Crippen molar-refractivity contribution < 1.29 is 14.3 Å². The summed E-state index contributed by atoms with van der Waals surface area (Å²) in [5, 5.41) is 11.6. The first-order valence-corrected chi connectivity index (χ1v) is 10.4. The Hall–Kier alpha value is -1.95. The predicted octanol–water partition coefficient (Wildman–Crippen LogP) is 4.49. The maximum atomic E-state index is 14.2.